The fraction of sp³-hybridized carbons (Fsp3) is 0.0952. The zero-order chi connectivity index (χ0) is 18.1. The van der Waals surface area contributed by atoms with E-state index in [1.54, 1.807) is 31.4 Å². The third-order valence-corrected chi connectivity index (χ3v) is 4.42. The highest BCUT2D eigenvalue weighted by Crippen LogP contribution is 2.17. The van der Waals surface area contributed by atoms with Crippen molar-refractivity contribution in [3.63, 3.8) is 0 Å². The van der Waals surface area contributed by atoms with E-state index in [-0.39, 0.29) is 17.0 Å². The summed E-state index contributed by atoms with van der Waals surface area (Å²) in [5.74, 6) is -0.339. The standard InChI is InChI=1S/C21H17N3O2/c1-23(14-15-9-10-16-6-2-3-7-17(16)12-15)20(25)18-13-22-19-8-4-5-11-24(19)21(18)26/h2-13H,14H2,1H3. The number of nitrogens with zero attached hydrogens (tertiary/aromatic N) is 3. The fourth-order valence-electron chi connectivity index (χ4n) is 3.06. The number of fused-ring (bicyclic) bond motifs is 2. The summed E-state index contributed by atoms with van der Waals surface area (Å²) < 4.78 is 1.39. The number of benzene rings is 2. The molecule has 128 valence electrons. The lowest BCUT2D eigenvalue weighted by Crippen LogP contribution is -2.32. The van der Waals surface area contributed by atoms with Gasteiger partial charge in [0.15, 0.2) is 0 Å². The van der Waals surface area contributed by atoms with Crippen molar-refractivity contribution in [3.05, 3.63) is 94.5 Å². The van der Waals surface area contributed by atoms with Gasteiger partial charge in [-0.2, -0.15) is 0 Å². The molecular formula is C21H17N3O2. The van der Waals surface area contributed by atoms with Gasteiger partial charge in [-0.15, -0.1) is 0 Å². The van der Waals surface area contributed by atoms with E-state index in [0.717, 1.165) is 16.3 Å². The van der Waals surface area contributed by atoms with E-state index in [1.165, 1.54) is 15.5 Å². The van der Waals surface area contributed by atoms with Crippen LogP contribution in [0.3, 0.4) is 0 Å². The van der Waals surface area contributed by atoms with E-state index in [2.05, 4.69) is 17.1 Å². The Balaban J connectivity index is 1.63. The Labute approximate surface area is 150 Å². The van der Waals surface area contributed by atoms with Crippen molar-refractivity contribution in [2.75, 3.05) is 7.05 Å². The highest BCUT2D eigenvalue weighted by molar-refractivity contribution is 5.93. The van der Waals surface area contributed by atoms with Crippen LogP contribution >= 0.6 is 0 Å². The van der Waals surface area contributed by atoms with Gasteiger partial charge in [0, 0.05) is 26.0 Å². The lowest BCUT2D eigenvalue weighted by Gasteiger charge is -2.17. The fourth-order valence-corrected chi connectivity index (χ4v) is 3.06. The average molecular weight is 343 g/mol. The van der Waals surface area contributed by atoms with Crippen molar-refractivity contribution >= 4 is 22.3 Å². The molecule has 0 unspecified atom stereocenters. The van der Waals surface area contributed by atoms with Crippen LogP contribution in [0, 0.1) is 0 Å². The van der Waals surface area contributed by atoms with Gasteiger partial charge in [0.1, 0.15) is 11.2 Å². The van der Waals surface area contributed by atoms with Crippen LogP contribution in [0.4, 0.5) is 0 Å². The molecule has 0 aliphatic rings. The molecule has 0 N–H and O–H groups in total. The first-order chi connectivity index (χ1) is 12.6. The van der Waals surface area contributed by atoms with Crippen LogP contribution in [0.1, 0.15) is 15.9 Å². The molecule has 0 bridgehead atoms. The number of amides is 1. The van der Waals surface area contributed by atoms with Crippen LogP contribution in [-0.4, -0.2) is 27.2 Å². The molecule has 1 amide bonds. The van der Waals surface area contributed by atoms with Gasteiger partial charge in [-0.1, -0.05) is 42.5 Å². The van der Waals surface area contributed by atoms with E-state index in [4.69, 9.17) is 0 Å². The summed E-state index contributed by atoms with van der Waals surface area (Å²) in [5, 5.41) is 2.28. The van der Waals surface area contributed by atoms with Crippen LogP contribution in [0.25, 0.3) is 16.4 Å². The summed E-state index contributed by atoms with van der Waals surface area (Å²) in [4.78, 5) is 31.1. The minimum absolute atomic E-state index is 0.0667. The highest BCUT2D eigenvalue weighted by atomic mass is 16.2. The zero-order valence-corrected chi connectivity index (χ0v) is 14.3. The molecule has 0 radical (unpaired) electrons. The monoisotopic (exact) mass is 343 g/mol. The lowest BCUT2D eigenvalue weighted by atomic mass is 10.1. The smallest absolute Gasteiger partial charge is 0.270 e. The Morgan fingerprint density at radius 2 is 1.81 bits per heavy atom. The van der Waals surface area contributed by atoms with Crippen LogP contribution in [0.5, 0.6) is 0 Å². The molecule has 26 heavy (non-hydrogen) atoms. The first-order valence-electron chi connectivity index (χ1n) is 8.33. The second-order valence-corrected chi connectivity index (χ2v) is 6.25. The minimum atomic E-state index is -0.356. The molecule has 5 heteroatoms. The van der Waals surface area contributed by atoms with Crippen molar-refractivity contribution in [1.29, 1.82) is 0 Å². The molecule has 2 aromatic heterocycles. The highest BCUT2D eigenvalue weighted by Gasteiger charge is 2.17. The SMILES string of the molecule is CN(Cc1ccc2ccccc2c1)C(=O)c1cnc2ccccn2c1=O. The minimum Gasteiger partial charge on any atom is -0.337 e. The Morgan fingerprint density at radius 3 is 2.65 bits per heavy atom. The van der Waals surface area contributed by atoms with Crippen molar-refractivity contribution in [2.45, 2.75) is 6.54 Å². The molecule has 0 fully saturated rings. The summed E-state index contributed by atoms with van der Waals surface area (Å²) in [6.07, 6.45) is 2.97. The summed E-state index contributed by atoms with van der Waals surface area (Å²) in [5.41, 5.74) is 1.24. The summed E-state index contributed by atoms with van der Waals surface area (Å²) >= 11 is 0. The van der Waals surface area contributed by atoms with Gasteiger partial charge in [-0.05, 0) is 34.5 Å². The summed E-state index contributed by atoms with van der Waals surface area (Å²) in [6, 6.07) is 19.4. The van der Waals surface area contributed by atoms with E-state index < -0.39 is 0 Å². The third kappa shape index (κ3) is 2.84. The van der Waals surface area contributed by atoms with Crippen LogP contribution in [-0.2, 0) is 6.54 Å². The number of rotatable bonds is 3. The predicted octanol–water partition coefficient (Wildman–Crippen LogP) is 3.12. The van der Waals surface area contributed by atoms with Gasteiger partial charge >= 0.3 is 0 Å². The zero-order valence-electron chi connectivity index (χ0n) is 14.3. The second kappa shape index (κ2) is 6.44. The lowest BCUT2D eigenvalue weighted by molar-refractivity contribution is 0.0782. The Bertz CT molecular complexity index is 1180. The number of carbonyl (C=O) groups is 1. The Morgan fingerprint density at radius 1 is 1.04 bits per heavy atom. The largest absolute Gasteiger partial charge is 0.337 e. The summed E-state index contributed by atoms with van der Waals surface area (Å²) in [6.45, 7) is 0.417. The van der Waals surface area contributed by atoms with Crippen molar-refractivity contribution in [2.24, 2.45) is 0 Å². The molecule has 0 saturated heterocycles. The van der Waals surface area contributed by atoms with Gasteiger partial charge in [0.2, 0.25) is 0 Å². The molecule has 4 aromatic rings. The predicted molar refractivity (Wildman–Crippen MR) is 101 cm³/mol. The third-order valence-electron chi connectivity index (χ3n) is 4.42. The molecule has 0 aliphatic heterocycles. The molecule has 0 spiro atoms. The quantitative estimate of drug-likeness (QED) is 0.574. The maximum atomic E-state index is 12.7. The summed E-state index contributed by atoms with van der Waals surface area (Å²) in [7, 11) is 1.69. The van der Waals surface area contributed by atoms with Gasteiger partial charge in [0.25, 0.3) is 11.5 Å². The molecular weight excluding hydrogens is 326 g/mol. The number of hydrogen-bond donors (Lipinski definition) is 0. The number of pyridine rings is 1. The molecule has 4 rings (SSSR count). The second-order valence-electron chi connectivity index (χ2n) is 6.25. The van der Waals surface area contributed by atoms with E-state index in [0.29, 0.717) is 12.2 Å². The van der Waals surface area contributed by atoms with Gasteiger partial charge in [-0.25, -0.2) is 4.98 Å². The maximum absolute atomic E-state index is 12.7. The van der Waals surface area contributed by atoms with Crippen molar-refractivity contribution < 1.29 is 4.79 Å². The first-order valence-corrected chi connectivity index (χ1v) is 8.33. The maximum Gasteiger partial charge on any atom is 0.270 e. The molecule has 2 aromatic carbocycles. The molecule has 5 nitrogen and oxygen atoms in total. The number of carbonyl (C=O) groups excluding carboxylic acids is 1. The van der Waals surface area contributed by atoms with Crippen LogP contribution < -0.4 is 5.56 Å². The molecule has 0 aliphatic carbocycles. The molecule has 2 heterocycles. The Kier molecular flexibility index (Phi) is 3.97. The average Bonchev–Trinajstić information content (AvgIpc) is 2.68. The normalized spacial score (nSPS) is 11.0. The topological polar surface area (TPSA) is 54.7 Å². The molecule has 0 saturated carbocycles. The Hall–Kier alpha value is -3.47. The van der Waals surface area contributed by atoms with E-state index in [9.17, 15) is 9.59 Å². The van der Waals surface area contributed by atoms with Crippen molar-refractivity contribution in [3.8, 4) is 0 Å². The van der Waals surface area contributed by atoms with Gasteiger partial charge in [-0.3, -0.25) is 14.0 Å². The first kappa shape index (κ1) is 16.0. The van der Waals surface area contributed by atoms with E-state index >= 15 is 0 Å². The van der Waals surface area contributed by atoms with Gasteiger partial charge in [0.05, 0.1) is 0 Å². The van der Waals surface area contributed by atoms with Gasteiger partial charge < -0.3 is 4.90 Å². The van der Waals surface area contributed by atoms with Crippen LogP contribution in [0.15, 0.2) is 77.9 Å². The van der Waals surface area contributed by atoms with E-state index in [1.807, 2.05) is 30.3 Å². The van der Waals surface area contributed by atoms with Crippen LogP contribution in [0.2, 0.25) is 0 Å². The number of hydrogen-bond acceptors (Lipinski definition) is 3. The number of aromatic nitrogens is 2. The van der Waals surface area contributed by atoms with Crippen molar-refractivity contribution in [1.82, 2.24) is 14.3 Å². The molecule has 0 atom stereocenters.